The number of amides is 2. The van der Waals surface area contributed by atoms with E-state index in [9.17, 15) is 14.4 Å². The van der Waals surface area contributed by atoms with Crippen molar-refractivity contribution in [3.63, 3.8) is 0 Å². The number of nitrogens with zero attached hydrogens (tertiary/aromatic N) is 1. The lowest BCUT2D eigenvalue weighted by Crippen LogP contribution is -2.53. The van der Waals surface area contributed by atoms with Gasteiger partial charge in [-0.2, -0.15) is 0 Å². The van der Waals surface area contributed by atoms with Crippen LogP contribution in [0.15, 0.2) is 18.2 Å². The minimum atomic E-state index is -0.902. The number of carbonyl (C=O) groups is 3. The summed E-state index contributed by atoms with van der Waals surface area (Å²) in [5.74, 6) is -0.860. The Balaban J connectivity index is 1.49. The number of carboxylic acid groups (broad SMARTS) is 1. The standard InChI is InChI=1S/C22H28N2O7/c1-24-17-4-3-15(11-20(25)26)31-19(17)12-30-18-5-2-14(10-16(18)22(24)28)23-21(27)13-6-8-29-9-7-13/h2,5,10,13,15,17,19H,3-4,6-9,11-12H2,1H3,(H,23,27)(H,25,26)/t15-,17-,19+/m1/s1. The van der Waals surface area contributed by atoms with Crippen LogP contribution in [0.3, 0.4) is 0 Å². The molecule has 0 saturated carbocycles. The molecule has 0 bridgehead atoms. The first-order chi connectivity index (χ1) is 14.9. The number of hydrogen-bond acceptors (Lipinski definition) is 6. The lowest BCUT2D eigenvalue weighted by molar-refractivity contribution is -0.148. The molecule has 4 rings (SSSR count). The van der Waals surface area contributed by atoms with Gasteiger partial charge in [-0.3, -0.25) is 14.4 Å². The van der Waals surface area contributed by atoms with Crippen molar-refractivity contribution in [2.45, 2.75) is 50.4 Å². The molecule has 0 aromatic heterocycles. The number of benzene rings is 1. The van der Waals surface area contributed by atoms with Gasteiger partial charge < -0.3 is 29.5 Å². The zero-order chi connectivity index (χ0) is 22.0. The molecule has 168 valence electrons. The minimum Gasteiger partial charge on any atom is -0.490 e. The summed E-state index contributed by atoms with van der Waals surface area (Å²) >= 11 is 0. The lowest BCUT2D eigenvalue weighted by atomic mass is 9.94. The molecule has 3 aliphatic heterocycles. The number of ether oxygens (including phenoxy) is 3. The molecule has 2 N–H and O–H groups in total. The Morgan fingerprint density at radius 2 is 1.97 bits per heavy atom. The van der Waals surface area contributed by atoms with Crippen LogP contribution in [0.2, 0.25) is 0 Å². The van der Waals surface area contributed by atoms with Crippen LogP contribution in [0.1, 0.15) is 42.5 Å². The maximum atomic E-state index is 13.2. The topological polar surface area (TPSA) is 114 Å². The molecule has 3 heterocycles. The zero-order valence-electron chi connectivity index (χ0n) is 17.5. The molecule has 3 aliphatic rings. The SMILES string of the molecule is CN1C(=O)c2cc(NC(=O)C3CCOCC3)ccc2OC[C@@H]2O[C@@H](CC(=O)O)CC[C@H]21. The molecular formula is C22H28N2O7. The fourth-order valence-electron chi connectivity index (χ4n) is 4.50. The van der Waals surface area contributed by atoms with Crippen molar-refractivity contribution in [1.29, 1.82) is 0 Å². The van der Waals surface area contributed by atoms with E-state index in [2.05, 4.69) is 5.32 Å². The molecule has 0 aliphatic carbocycles. The van der Waals surface area contributed by atoms with Gasteiger partial charge in [-0.25, -0.2) is 0 Å². The van der Waals surface area contributed by atoms with Crippen molar-refractivity contribution < 1.29 is 33.7 Å². The van der Waals surface area contributed by atoms with Crippen LogP contribution in [0.5, 0.6) is 5.75 Å². The van der Waals surface area contributed by atoms with Gasteiger partial charge in [-0.1, -0.05) is 0 Å². The highest BCUT2D eigenvalue weighted by atomic mass is 16.5. The van der Waals surface area contributed by atoms with Crippen LogP contribution in [0, 0.1) is 5.92 Å². The average Bonchev–Trinajstić information content (AvgIpc) is 2.77. The molecule has 31 heavy (non-hydrogen) atoms. The number of carboxylic acids is 1. The number of likely N-dealkylation sites (N-methyl/N-ethyl adjacent to an activating group) is 1. The molecule has 0 unspecified atom stereocenters. The van der Waals surface area contributed by atoms with Gasteiger partial charge in [-0.15, -0.1) is 0 Å². The Hall–Kier alpha value is -2.65. The number of hydrogen-bond donors (Lipinski definition) is 2. The van der Waals surface area contributed by atoms with Gasteiger partial charge in [0.05, 0.1) is 24.1 Å². The Kier molecular flexibility index (Phi) is 6.43. The fourth-order valence-corrected chi connectivity index (χ4v) is 4.50. The van der Waals surface area contributed by atoms with Crippen LogP contribution in [-0.4, -0.2) is 72.9 Å². The highest BCUT2D eigenvalue weighted by molar-refractivity contribution is 6.00. The van der Waals surface area contributed by atoms with E-state index in [1.54, 1.807) is 30.1 Å². The molecule has 2 saturated heterocycles. The number of nitrogens with one attached hydrogen (secondary N) is 1. The Bertz CT molecular complexity index is 852. The summed E-state index contributed by atoms with van der Waals surface area (Å²) in [5.41, 5.74) is 0.942. The van der Waals surface area contributed by atoms with Crippen LogP contribution >= 0.6 is 0 Å². The number of aliphatic carboxylic acids is 1. The van der Waals surface area contributed by atoms with Gasteiger partial charge in [0.1, 0.15) is 18.5 Å². The first-order valence-corrected chi connectivity index (χ1v) is 10.7. The van der Waals surface area contributed by atoms with Crippen LogP contribution < -0.4 is 10.1 Å². The molecule has 0 radical (unpaired) electrons. The first kappa shape index (κ1) is 21.6. The summed E-state index contributed by atoms with van der Waals surface area (Å²) in [6.07, 6.45) is 1.75. The quantitative estimate of drug-likeness (QED) is 0.747. The molecule has 1 aromatic rings. The number of rotatable bonds is 4. The van der Waals surface area contributed by atoms with Crippen LogP contribution in [0.25, 0.3) is 0 Å². The highest BCUT2D eigenvalue weighted by Crippen LogP contribution is 2.32. The maximum absolute atomic E-state index is 13.2. The molecule has 2 fully saturated rings. The van der Waals surface area contributed by atoms with Crippen molar-refractivity contribution in [1.82, 2.24) is 4.90 Å². The van der Waals surface area contributed by atoms with E-state index < -0.39 is 12.1 Å². The summed E-state index contributed by atoms with van der Waals surface area (Å²) < 4.78 is 17.2. The molecule has 3 atom stereocenters. The highest BCUT2D eigenvalue weighted by Gasteiger charge is 2.39. The fraction of sp³-hybridized carbons (Fsp3) is 0.591. The Morgan fingerprint density at radius 3 is 2.71 bits per heavy atom. The van der Waals surface area contributed by atoms with Crippen molar-refractivity contribution in [3.05, 3.63) is 23.8 Å². The zero-order valence-corrected chi connectivity index (χ0v) is 17.5. The smallest absolute Gasteiger partial charge is 0.305 e. The van der Waals surface area contributed by atoms with E-state index in [0.29, 0.717) is 55.9 Å². The third-order valence-corrected chi connectivity index (χ3v) is 6.27. The molecular weight excluding hydrogens is 404 g/mol. The second kappa shape index (κ2) is 9.23. The normalized spacial score (nSPS) is 26.7. The summed E-state index contributed by atoms with van der Waals surface area (Å²) in [4.78, 5) is 38.4. The minimum absolute atomic E-state index is 0.0619. The van der Waals surface area contributed by atoms with E-state index in [1.807, 2.05) is 0 Å². The summed E-state index contributed by atoms with van der Waals surface area (Å²) in [5, 5.41) is 12.0. The Morgan fingerprint density at radius 1 is 1.19 bits per heavy atom. The van der Waals surface area contributed by atoms with Crippen molar-refractivity contribution in [3.8, 4) is 5.75 Å². The van der Waals surface area contributed by atoms with E-state index in [-0.39, 0.29) is 42.9 Å². The van der Waals surface area contributed by atoms with Gasteiger partial charge in [-0.05, 0) is 43.9 Å². The van der Waals surface area contributed by atoms with Crippen molar-refractivity contribution in [2.75, 3.05) is 32.2 Å². The van der Waals surface area contributed by atoms with Gasteiger partial charge in [0.25, 0.3) is 5.91 Å². The summed E-state index contributed by atoms with van der Waals surface area (Å²) in [6, 6.07) is 4.85. The van der Waals surface area contributed by atoms with Crippen molar-refractivity contribution >= 4 is 23.5 Å². The van der Waals surface area contributed by atoms with E-state index >= 15 is 0 Å². The second-order valence-electron chi connectivity index (χ2n) is 8.35. The predicted octanol–water partition coefficient (Wildman–Crippen LogP) is 1.91. The van der Waals surface area contributed by atoms with Crippen molar-refractivity contribution in [2.24, 2.45) is 5.92 Å². The number of carbonyl (C=O) groups excluding carboxylic acids is 2. The Labute approximate surface area is 180 Å². The first-order valence-electron chi connectivity index (χ1n) is 10.7. The summed E-state index contributed by atoms with van der Waals surface area (Å²) in [6.45, 7) is 1.38. The van der Waals surface area contributed by atoms with Crippen LogP contribution in [0.4, 0.5) is 5.69 Å². The second-order valence-corrected chi connectivity index (χ2v) is 8.35. The van der Waals surface area contributed by atoms with Gasteiger partial charge >= 0.3 is 5.97 Å². The third-order valence-electron chi connectivity index (χ3n) is 6.27. The van der Waals surface area contributed by atoms with Crippen LogP contribution in [-0.2, 0) is 19.1 Å². The number of fused-ring (bicyclic) bond motifs is 2. The van der Waals surface area contributed by atoms with Gasteiger partial charge in [0.2, 0.25) is 5.91 Å². The van der Waals surface area contributed by atoms with E-state index in [1.165, 1.54) is 0 Å². The molecule has 9 nitrogen and oxygen atoms in total. The predicted molar refractivity (Wildman–Crippen MR) is 110 cm³/mol. The molecule has 2 amide bonds. The molecule has 0 spiro atoms. The van der Waals surface area contributed by atoms with E-state index in [0.717, 1.165) is 0 Å². The van der Waals surface area contributed by atoms with Gasteiger partial charge in [0, 0.05) is 31.9 Å². The molecule has 9 heteroatoms. The lowest BCUT2D eigenvalue weighted by Gasteiger charge is -2.42. The maximum Gasteiger partial charge on any atom is 0.305 e. The van der Waals surface area contributed by atoms with Gasteiger partial charge in [0.15, 0.2) is 0 Å². The monoisotopic (exact) mass is 432 g/mol. The molecule has 1 aromatic carbocycles. The number of anilines is 1. The largest absolute Gasteiger partial charge is 0.490 e. The summed E-state index contributed by atoms with van der Waals surface area (Å²) in [7, 11) is 1.73. The average molecular weight is 432 g/mol. The third kappa shape index (κ3) is 4.83. The van der Waals surface area contributed by atoms with E-state index in [4.69, 9.17) is 19.3 Å².